The van der Waals surface area contributed by atoms with Gasteiger partial charge in [0.2, 0.25) is 0 Å². The molecule has 2 heterocycles. The van der Waals surface area contributed by atoms with Crippen LogP contribution in [-0.4, -0.2) is 43.8 Å². The number of rotatable bonds is 6. The topological polar surface area (TPSA) is 24.9 Å². The van der Waals surface area contributed by atoms with Gasteiger partial charge in [-0.15, -0.1) is 0 Å². The van der Waals surface area contributed by atoms with E-state index >= 15 is 0 Å². The first-order chi connectivity index (χ1) is 14.0. The molecule has 1 atom stereocenters. The maximum absolute atomic E-state index is 6.28. The van der Waals surface area contributed by atoms with Crippen LogP contribution in [0.3, 0.4) is 0 Å². The van der Waals surface area contributed by atoms with Crippen molar-refractivity contribution in [2.24, 2.45) is 5.41 Å². The average molecular weight is 395 g/mol. The van der Waals surface area contributed by atoms with Crippen molar-refractivity contribution in [1.82, 2.24) is 4.90 Å². The highest BCUT2D eigenvalue weighted by atomic mass is 16.5. The van der Waals surface area contributed by atoms with Crippen LogP contribution in [0.1, 0.15) is 39.2 Å². The zero-order valence-electron chi connectivity index (χ0n) is 18.1. The molecule has 1 saturated heterocycles. The zero-order valence-corrected chi connectivity index (χ0v) is 18.1. The van der Waals surface area contributed by atoms with E-state index < -0.39 is 0 Å². The van der Waals surface area contributed by atoms with Crippen LogP contribution in [0.25, 0.3) is 0 Å². The molecule has 1 unspecified atom stereocenters. The summed E-state index contributed by atoms with van der Waals surface area (Å²) in [4.78, 5) is 5.09. The zero-order chi connectivity index (χ0) is 20.3. The Morgan fingerprint density at radius 2 is 1.66 bits per heavy atom. The summed E-state index contributed by atoms with van der Waals surface area (Å²) in [6, 6.07) is 17.2. The van der Waals surface area contributed by atoms with E-state index in [1.165, 1.54) is 37.2 Å². The molecule has 0 N–H and O–H groups in total. The van der Waals surface area contributed by atoms with Crippen LogP contribution in [0.5, 0.6) is 11.5 Å². The van der Waals surface area contributed by atoms with Crippen molar-refractivity contribution in [3.8, 4) is 11.5 Å². The van der Waals surface area contributed by atoms with Crippen LogP contribution in [0, 0.1) is 5.41 Å². The summed E-state index contributed by atoms with van der Waals surface area (Å²) >= 11 is 0. The van der Waals surface area contributed by atoms with Gasteiger partial charge in [-0.2, -0.15) is 0 Å². The van der Waals surface area contributed by atoms with Crippen molar-refractivity contribution >= 4 is 5.69 Å². The molecule has 0 saturated carbocycles. The summed E-state index contributed by atoms with van der Waals surface area (Å²) in [6.45, 7) is 12.4. The second kappa shape index (κ2) is 8.76. The minimum Gasteiger partial charge on any atom is -0.455 e. The van der Waals surface area contributed by atoms with Crippen molar-refractivity contribution in [2.45, 2.75) is 46.2 Å². The molecular formula is C25H34N2O2. The van der Waals surface area contributed by atoms with Crippen LogP contribution >= 0.6 is 0 Å². The second-order valence-electron chi connectivity index (χ2n) is 9.53. The van der Waals surface area contributed by atoms with Crippen molar-refractivity contribution in [2.75, 3.05) is 37.7 Å². The van der Waals surface area contributed by atoms with E-state index in [9.17, 15) is 0 Å². The first-order valence-electron chi connectivity index (χ1n) is 10.9. The predicted molar refractivity (Wildman–Crippen MR) is 119 cm³/mol. The first-order valence-corrected chi connectivity index (χ1v) is 10.9. The Labute approximate surface area is 175 Å². The summed E-state index contributed by atoms with van der Waals surface area (Å²) in [5, 5.41) is 0. The maximum Gasteiger partial charge on any atom is 0.150 e. The van der Waals surface area contributed by atoms with E-state index in [-0.39, 0.29) is 5.41 Å². The van der Waals surface area contributed by atoms with E-state index in [1.54, 1.807) is 0 Å². The second-order valence-corrected chi connectivity index (χ2v) is 9.53. The van der Waals surface area contributed by atoms with Crippen LogP contribution in [0.4, 0.5) is 5.69 Å². The van der Waals surface area contributed by atoms with Crippen LogP contribution in [0.15, 0.2) is 48.5 Å². The Balaban J connectivity index is 1.56. The fourth-order valence-corrected chi connectivity index (χ4v) is 4.25. The van der Waals surface area contributed by atoms with Gasteiger partial charge >= 0.3 is 0 Å². The summed E-state index contributed by atoms with van der Waals surface area (Å²) in [6.07, 6.45) is 2.58. The molecule has 0 amide bonds. The highest BCUT2D eigenvalue weighted by molar-refractivity contribution is 5.62. The molecule has 0 spiro atoms. The van der Waals surface area contributed by atoms with Gasteiger partial charge in [-0.1, -0.05) is 51.1 Å². The van der Waals surface area contributed by atoms with E-state index in [2.05, 4.69) is 73.0 Å². The monoisotopic (exact) mass is 394 g/mol. The smallest absolute Gasteiger partial charge is 0.150 e. The summed E-state index contributed by atoms with van der Waals surface area (Å²) in [5.41, 5.74) is 2.60. The minimum atomic E-state index is 0.192. The lowest BCUT2D eigenvalue weighted by molar-refractivity contribution is 0.0318. The molecule has 4 heteroatoms. The van der Waals surface area contributed by atoms with Gasteiger partial charge in [0, 0.05) is 18.7 Å². The van der Waals surface area contributed by atoms with Crippen molar-refractivity contribution < 1.29 is 9.47 Å². The SMILES string of the molecule is CC(C)(C)COCC(CN1Cc2ccccc2Oc2ccccc21)N1CCCC1. The lowest BCUT2D eigenvalue weighted by Gasteiger charge is -2.34. The van der Waals surface area contributed by atoms with Gasteiger partial charge < -0.3 is 14.4 Å². The first kappa shape index (κ1) is 20.2. The number of nitrogens with zero attached hydrogens (tertiary/aromatic N) is 2. The van der Waals surface area contributed by atoms with E-state index in [1.807, 2.05) is 6.07 Å². The highest BCUT2D eigenvalue weighted by Gasteiger charge is 2.28. The van der Waals surface area contributed by atoms with Gasteiger partial charge in [0.15, 0.2) is 5.75 Å². The Bertz CT molecular complexity index is 808. The molecule has 2 aliphatic heterocycles. The fourth-order valence-electron chi connectivity index (χ4n) is 4.25. The summed E-state index contributed by atoms with van der Waals surface area (Å²) in [7, 11) is 0. The van der Waals surface area contributed by atoms with Gasteiger partial charge in [0.25, 0.3) is 0 Å². The van der Waals surface area contributed by atoms with E-state index in [0.29, 0.717) is 6.04 Å². The third-order valence-electron chi connectivity index (χ3n) is 5.69. The number of fused-ring (bicyclic) bond motifs is 2. The van der Waals surface area contributed by atoms with E-state index in [0.717, 1.165) is 37.8 Å². The normalized spacial score (nSPS) is 18.0. The largest absolute Gasteiger partial charge is 0.455 e. The highest BCUT2D eigenvalue weighted by Crippen LogP contribution is 2.39. The molecule has 0 radical (unpaired) electrons. The summed E-state index contributed by atoms with van der Waals surface area (Å²) < 4.78 is 12.5. The van der Waals surface area contributed by atoms with Crippen LogP contribution in [0.2, 0.25) is 0 Å². The number of likely N-dealkylation sites (tertiary alicyclic amines) is 1. The number of anilines is 1. The van der Waals surface area contributed by atoms with Gasteiger partial charge in [-0.05, 0) is 49.5 Å². The molecule has 29 heavy (non-hydrogen) atoms. The van der Waals surface area contributed by atoms with Crippen LogP contribution < -0.4 is 9.64 Å². The molecule has 4 rings (SSSR count). The molecule has 2 aromatic rings. The maximum atomic E-state index is 6.28. The lowest BCUT2D eigenvalue weighted by atomic mass is 9.99. The molecule has 0 aliphatic carbocycles. The number of hydrogen-bond acceptors (Lipinski definition) is 4. The van der Waals surface area contributed by atoms with E-state index in [4.69, 9.17) is 9.47 Å². The van der Waals surface area contributed by atoms with Crippen LogP contribution in [-0.2, 0) is 11.3 Å². The third-order valence-corrected chi connectivity index (χ3v) is 5.69. The molecule has 0 aromatic heterocycles. The van der Waals surface area contributed by atoms with Crippen molar-refractivity contribution in [3.05, 3.63) is 54.1 Å². The molecule has 2 aliphatic rings. The van der Waals surface area contributed by atoms with Gasteiger partial charge in [-0.3, -0.25) is 4.90 Å². The molecule has 4 nitrogen and oxygen atoms in total. The average Bonchev–Trinajstić information content (AvgIpc) is 3.17. The summed E-state index contributed by atoms with van der Waals surface area (Å²) in [5.74, 6) is 1.90. The molecule has 0 bridgehead atoms. The Kier molecular flexibility index (Phi) is 6.12. The number of hydrogen-bond donors (Lipinski definition) is 0. The fraction of sp³-hybridized carbons (Fsp3) is 0.520. The van der Waals surface area contributed by atoms with Crippen molar-refractivity contribution in [1.29, 1.82) is 0 Å². The van der Waals surface area contributed by atoms with Gasteiger partial charge in [0.1, 0.15) is 5.75 Å². The standard InChI is InChI=1S/C25H34N2O2/c1-25(2,3)19-28-18-21(26-14-8-9-15-26)17-27-16-20-10-4-6-12-23(20)29-24-13-7-5-11-22(24)27/h4-7,10-13,21H,8-9,14-19H2,1-3H3. The predicted octanol–water partition coefficient (Wildman–Crippen LogP) is 5.33. The quantitative estimate of drug-likeness (QED) is 0.661. The third kappa shape index (κ3) is 5.12. The van der Waals surface area contributed by atoms with Crippen molar-refractivity contribution in [3.63, 3.8) is 0 Å². The Hall–Kier alpha value is -2.04. The Morgan fingerprint density at radius 3 is 2.41 bits per heavy atom. The number of para-hydroxylation sites is 3. The number of benzene rings is 2. The Morgan fingerprint density at radius 1 is 0.966 bits per heavy atom. The lowest BCUT2D eigenvalue weighted by Crippen LogP contribution is -2.45. The molecule has 1 fully saturated rings. The molecule has 156 valence electrons. The van der Waals surface area contributed by atoms with Gasteiger partial charge in [0.05, 0.1) is 24.9 Å². The molecule has 2 aromatic carbocycles. The minimum absolute atomic E-state index is 0.192. The van der Waals surface area contributed by atoms with Gasteiger partial charge in [-0.25, -0.2) is 0 Å². The molecular weight excluding hydrogens is 360 g/mol. The number of ether oxygens (including phenoxy) is 2.